The molecule has 1 aliphatic heterocycles. The van der Waals surface area contributed by atoms with E-state index in [0.717, 1.165) is 34.3 Å². The smallest absolute Gasteiger partial charge is 0.195 e. The third-order valence-electron chi connectivity index (χ3n) is 4.99. The Hall–Kier alpha value is -3.20. The molecule has 1 aliphatic rings. The number of ether oxygens (including phenoxy) is 3. The molecule has 1 atom stereocenters. The van der Waals surface area contributed by atoms with Crippen LogP contribution in [0.25, 0.3) is 10.9 Å². The number of methoxy groups -OCH3 is 1. The summed E-state index contributed by atoms with van der Waals surface area (Å²) >= 11 is 0. The van der Waals surface area contributed by atoms with Gasteiger partial charge in [0.15, 0.2) is 5.88 Å². The molecular formula is C22H23N3O3. The van der Waals surface area contributed by atoms with E-state index in [4.69, 9.17) is 14.2 Å². The van der Waals surface area contributed by atoms with E-state index in [1.54, 1.807) is 13.3 Å². The van der Waals surface area contributed by atoms with Gasteiger partial charge in [0, 0.05) is 28.5 Å². The summed E-state index contributed by atoms with van der Waals surface area (Å²) in [5, 5.41) is 10.4. The Labute approximate surface area is 164 Å². The Kier molecular flexibility index (Phi) is 4.38. The number of rotatable bonds is 4. The molecule has 28 heavy (non-hydrogen) atoms. The molecule has 0 amide bonds. The molecular weight excluding hydrogens is 354 g/mol. The SMILES string of the molecule is COc1ccc2c3c([nH]c2c1C#N)O[C@H](COc1ccc(C(C)(C)C)nc1)C3. The van der Waals surface area contributed by atoms with Crippen molar-refractivity contribution in [3.05, 3.63) is 47.3 Å². The highest BCUT2D eigenvalue weighted by Crippen LogP contribution is 2.38. The van der Waals surface area contributed by atoms with E-state index in [1.165, 1.54) is 0 Å². The molecule has 0 unspecified atom stereocenters. The normalized spacial score (nSPS) is 15.8. The van der Waals surface area contributed by atoms with Crippen molar-refractivity contribution >= 4 is 10.9 Å². The van der Waals surface area contributed by atoms with Gasteiger partial charge in [-0.05, 0) is 24.3 Å². The van der Waals surface area contributed by atoms with Gasteiger partial charge in [-0.1, -0.05) is 20.8 Å². The maximum Gasteiger partial charge on any atom is 0.195 e. The lowest BCUT2D eigenvalue weighted by molar-refractivity contribution is 0.144. The van der Waals surface area contributed by atoms with Crippen molar-refractivity contribution in [1.82, 2.24) is 9.97 Å². The molecule has 1 N–H and O–H groups in total. The molecule has 144 valence electrons. The molecule has 3 aromatic rings. The highest BCUT2D eigenvalue weighted by Gasteiger charge is 2.29. The first-order valence-corrected chi connectivity index (χ1v) is 9.28. The second kappa shape index (κ2) is 6.75. The predicted octanol–water partition coefficient (Wildman–Crippen LogP) is 4.12. The molecule has 1 aromatic carbocycles. The van der Waals surface area contributed by atoms with Crippen molar-refractivity contribution in [1.29, 1.82) is 5.26 Å². The summed E-state index contributed by atoms with van der Waals surface area (Å²) in [6.45, 7) is 6.83. The summed E-state index contributed by atoms with van der Waals surface area (Å²) in [5.74, 6) is 1.99. The number of pyridine rings is 1. The van der Waals surface area contributed by atoms with Crippen LogP contribution in [-0.2, 0) is 11.8 Å². The van der Waals surface area contributed by atoms with Gasteiger partial charge in [-0.3, -0.25) is 4.98 Å². The van der Waals surface area contributed by atoms with Crippen molar-refractivity contribution in [3.8, 4) is 23.4 Å². The molecule has 0 spiro atoms. The molecule has 0 fully saturated rings. The first-order chi connectivity index (χ1) is 13.4. The third kappa shape index (κ3) is 3.13. The minimum absolute atomic E-state index is 0.0157. The molecule has 0 saturated carbocycles. The monoisotopic (exact) mass is 377 g/mol. The zero-order valence-corrected chi connectivity index (χ0v) is 16.5. The summed E-state index contributed by atoms with van der Waals surface area (Å²) in [6, 6.07) is 9.94. The van der Waals surface area contributed by atoms with Crippen LogP contribution in [0.4, 0.5) is 0 Å². The minimum atomic E-state index is -0.0828. The number of aromatic amines is 1. The van der Waals surface area contributed by atoms with E-state index < -0.39 is 0 Å². The Bertz CT molecular complexity index is 1060. The van der Waals surface area contributed by atoms with E-state index in [-0.39, 0.29) is 11.5 Å². The van der Waals surface area contributed by atoms with Gasteiger partial charge in [-0.25, -0.2) is 0 Å². The second-order valence-corrected chi connectivity index (χ2v) is 7.99. The van der Waals surface area contributed by atoms with Crippen LogP contribution in [0.15, 0.2) is 30.5 Å². The van der Waals surface area contributed by atoms with E-state index in [2.05, 4.69) is 36.8 Å². The molecule has 0 radical (unpaired) electrons. The Morgan fingerprint density at radius 2 is 2.11 bits per heavy atom. The molecule has 6 nitrogen and oxygen atoms in total. The van der Waals surface area contributed by atoms with Gasteiger partial charge < -0.3 is 19.2 Å². The van der Waals surface area contributed by atoms with Crippen molar-refractivity contribution in [3.63, 3.8) is 0 Å². The Morgan fingerprint density at radius 3 is 2.75 bits per heavy atom. The average molecular weight is 377 g/mol. The summed E-state index contributed by atoms with van der Waals surface area (Å²) in [6.07, 6.45) is 2.40. The molecule has 4 rings (SSSR count). The molecule has 3 heterocycles. The topological polar surface area (TPSA) is 80.2 Å². The number of H-pyrrole nitrogens is 1. The summed E-state index contributed by atoms with van der Waals surface area (Å²) in [5.41, 5.74) is 3.37. The highest BCUT2D eigenvalue weighted by atomic mass is 16.5. The fraction of sp³-hybridized carbons (Fsp3) is 0.364. The van der Waals surface area contributed by atoms with Crippen molar-refractivity contribution in [2.24, 2.45) is 0 Å². The van der Waals surface area contributed by atoms with E-state index in [1.807, 2.05) is 24.3 Å². The maximum absolute atomic E-state index is 9.45. The van der Waals surface area contributed by atoms with Crippen molar-refractivity contribution in [2.75, 3.05) is 13.7 Å². The standard InChI is InChI=1S/C22H23N3O3/c1-22(2,3)19-8-5-13(11-24-19)27-12-14-9-16-15-6-7-18(26-4)17(10-23)20(15)25-21(16)28-14/h5-8,11,14,25H,9,12H2,1-4H3/t14-/m0/s1. The van der Waals surface area contributed by atoms with Gasteiger partial charge in [0.1, 0.15) is 35.8 Å². The van der Waals surface area contributed by atoms with Gasteiger partial charge in [-0.15, -0.1) is 0 Å². The van der Waals surface area contributed by atoms with Crippen LogP contribution in [0.3, 0.4) is 0 Å². The lowest BCUT2D eigenvalue weighted by Crippen LogP contribution is -2.23. The third-order valence-corrected chi connectivity index (χ3v) is 4.99. The number of fused-ring (bicyclic) bond motifs is 3. The highest BCUT2D eigenvalue weighted by molar-refractivity contribution is 5.92. The van der Waals surface area contributed by atoms with Crippen LogP contribution >= 0.6 is 0 Å². The molecule has 6 heteroatoms. The number of aromatic nitrogens is 2. The zero-order chi connectivity index (χ0) is 19.9. The number of benzene rings is 1. The lowest BCUT2D eigenvalue weighted by Gasteiger charge is -2.18. The Morgan fingerprint density at radius 1 is 1.29 bits per heavy atom. The molecule has 2 aromatic heterocycles. The average Bonchev–Trinajstić information content (AvgIpc) is 3.22. The van der Waals surface area contributed by atoms with E-state index >= 15 is 0 Å². The fourth-order valence-corrected chi connectivity index (χ4v) is 3.49. The lowest BCUT2D eigenvalue weighted by atomic mass is 9.92. The van der Waals surface area contributed by atoms with Gasteiger partial charge in [0.05, 0.1) is 18.8 Å². The number of nitrogens with zero attached hydrogens (tertiary/aromatic N) is 2. The first kappa shape index (κ1) is 18.2. The fourth-order valence-electron chi connectivity index (χ4n) is 3.49. The van der Waals surface area contributed by atoms with E-state index in [0.29, 0.717) is 23.8 Å². The van der Waals surface area contributed by atoms with Crippen LogP contribution in [-0.4, -0.2) is 29.8 Å². The predicted molar refractivity (Wildman–Crippen MR) is 106 cm³/mol. The van der Waals surface area contributed by atoms with Crippen LogP contribution in [0.5, 0.6) is 17.4 Å². The summed E-state index contributed by atoms with van der Waals surface area (Å²) in [7, 11) is 1.56. The second-order valence-electron chi connectivity index (χ2n) is 7.99. The molecule has 0 aliphatic carbocycles. The van der Waals surface area contributed by atoms with Crippen molar-refractivity contribution < 1.29 is 14.2 Å². The Balaban J connectivity index is 1.46. The van der Waals surface area contributed by atoms with Crippen LogP contribution in [0.1, 0.15) is 37.6 Å². The number of nitrogens with one attached hydrogen (secondary N) is 1. The van der Waals surface area contributed by atoms with Crippen molar-refractivity contribution in [2.45, 2.75) is 38.7 Å². The number of hydrogen-bond donors (Lipinski definition) is 1. The first-order valence-electron chi connectivity index (χ1n) is 9.28. The van der Waals surface area contributed by atoms with Gasteiger partial charge in [0.25, 0.3) is 0 Å². The summed E-state index contributed by atoms with van der Waals surface area (Å²) in [4.78, 5) is 7.72. The zero-order valence-electron chi connectivity index (χ0n) is 16.5. The number of nitriles is 1. The van der Waals surface area contributed by atoms with Gasteiger partial charge in [0.2, 0.25) is 0 Å². The molecule has 0 bridgehead atoms. The van der Waals surface area contributed by atoms with Gasteiger partial charge in [-0.2, -0.15) is 5.26 Å². The quantitative estimate of drug-likeness (QED) is 0.740. The largest absolute Gasteiger partial charge is 0.495 e. The molecule has 0 saturated heterocycles. The maximum atomic E-state index is 9.45. The van der Waals surface area contributed by atoms with Gasteiger partial charge >= 0.3 is 0 Å². The van der Waals surface area contributed by atoms with Crippen LogP contribution < -0.4 is 14.2 Å². The summed E-state index contributed by atoms with van der Waals surface area (Å²) < 4.78 is 17.2. The number of hydrogen-bond acceptors (Lipinski definition) is 5. The van der Waals surface area contributed by atoms with E-state index in [9.17, 15) is 5.26 Å². The van der Waals surface area contributed by atoms with Crippen LogP contribution in [0.2, 0.25) is 0 Å². The van der Waals surface area contributed by atoms with Crippen LogP contribution in [0, 0.1) is 11.3 Å². The minimum Gasteiger partial charge on any atom is -0.495 e.